The molecule has 20 heavy (non-hydrogen) atoms. The van der Waals surface area contributed by atoms with Crippen LogP contribution < -0.4 is 5.32 Å². The summed E-state index contributed by atoms with van der Waals surface area (Å²) in [6.07, 6.45) is 1.30. The van der Waals surface area contributed by atoms with Gasteiger partial charge in [-0.2, -0.15) is 0 Å². The number of hydrogen-bond donors (Lipinski definition) is 2. The largest absolute Gasteiger partial charge is 0.481 e. The van der Waals surface area contributed by atoms with Gasteiger partial charge in [-0.3, -0.25) is 9.59 Å². The first-order valence-corrected chi connectivity index (χ1v) is 7.44. The Morgan fingerprint density at radius 1 is 1.35 bits per heavy atom. The molecule has 0 radical (unpaired) electrons. The Balaban J connectivity index is 1.64. The van der Waals surface area contributed by atoms with Gasteiger partial charge in [0, 0.05) is 23.1 Å². The van der Waals surface area contributed by atoms with Gasteiger partial charge >= 0.3 is 5.97 Å². The fourth-order valence-electron chi connectivity index (χ4n) is 2.05. The first kappa shape index (κ1) is 14.8. The number of thioether (sulfide) groups is 1. The zero-order valence-corrected chi connectivity index (χ0v) is 11.7. The predicted molar refractivity (Wildman–Crippen MR) is 74.0 cm³/mol. The molecule has 0 aliphatic heterocycles. The van der Waals surface area contributed by atoms with Crippen molar-refractivity contribution >= 4 is 23.6 Å². The van der Waals surface area contributed by atoms with Crippen LogP contribution in [0, 0.1) is 11.7 Å². The lowest BCUT2D eigenvalue weighted by Crippen LogP contribution is -2.46. The topological polar surface area (TPSA) is 66.4 Å². The molecule has 4 nitrogen and oxygen atoms in total. The van der Waals surface area contributed by atoms with Crippen molar-refractivity contribution in [3.63, 3.8) is 0 Å². The van der Waals surface area contributed by atoms with Crippen molar-refractivity contribution in [2.45, 2.75) is 30.2 Å². The molecule has 108 valence electrons. The maximum atomic E-state index is 13.3. The number of carboxylic acid groups (broad SMARTS) is 1. The summed E-state index contributed by atoms with van der Waals surface area (Å²) < 4.78 is 13.3. The summed E-state index contributed by atoms with van der Waals surface area (Å²) in [5.41, 5.74) is 0. The number of benzene rings is 1. The molecule has 0 saturated heterocycles. The third kappa shape index (κ3) is 3.96. The summed E-state index contributed by atoms with van der Waals surface area (Å²) in [5, 5.41) is 11.5. The number of rotatable bonds is 6. The standard InChI is InChI=1S/C14H16FNO3S/c15-11-3-1-2-4-12(11)20-6-5-13(17)16-10-7-9(8-10)14(18)19/h1-4,9-10H,5-8H2,(H,16,17)(H,18,19). The van der Waals surface area contributed by atoms with E-state index in [0.717, 1.165) is 0 Å². The normalized spacial score (nSPS) is 21.1. The van der Waals surface area contributed by atoms with Gasteiger partial charge in [0.2, 0.25) is 5.91 Å². The second kappa shape index (κ2) is 6.74. The third-order valence-electron chi connectivity index (χ3n) is 3.28. The van der Waals surface area contributed by atoms with E-state index in [0.29, 0.717) is 29.9 Å². The number of carboxylic acids is 1. The van der Waals surface area contributed by atoms with Crippen LogP contribution >= 0.6 is 11.8 Å². The molecule has 1 aliphatic carbocycles. The molecule has 1 aromatic rings. The lowest BCUT2D eigenvalue weighted by atomic mass is 9.80. The van der Waals surface area contributed by atoms with Crippen LogP contribution in [-0.2, 0) is 9.59 Å². The van der Waals surface area contributed by atoms with E-state index in [1.165, 1.54) is 17.8 Å². The Hall–Kier alpha value is -1.56. The molecule has 0 atom stereocenters. The smallest absolute Gasteiger partial charge is 0.306 e. The van der Waals surface area contributed by atoms with Crippen molar-refractivity contribution in [2.75, 3.05) is 5.75 Å². The van der Waals surface area contributed by atoms with Gasteiger partial charge in [-0.15, -0.1) is 11.8 Å². The van der Waals surface area contributed by atoms with Crippen LogP contribution in [-0.4, -0.2) is 28.8 Å². The first-order valence-electron chi connectivity index (χ1n) is 6.45. The summed E-state index contributed by atoms with van der Waals surface area (Å²) in [4.78, 5) is 22.8. The first-order chi connectivity index (χ1) is 9.56. The van der Waals surface area contributed by atoms with Gasteiger partial charge in [0.1, 0.15) is 5.82 Å². The van der Waals surface area contributed by atoms with E-state index in [1.807, 2.05) is 0 Å². The number of hydrogen-bond acceptors (Lipinski definition) is 3. The Labute approximate surface area is 120 Å². The molecule has 0 unspecified atom stereocenters. The minimum Gasteiger partial charge on any atom is -0.481 e. The number of carbonyl (C=O) groups excluding carboxylic acids is 1. The predicted octanol–water partition coefficient (Wildman–Crippen LogP) is 2.29. The van der Waals surface area contributed by atoms with Crippen molar-refractivity contribution in [3.8, 4) is 0 Å². The number of amides is 1. The van der Waals surface area contributed by atoms with Crippen LogP contribution in [0.5, 0.6) is 0 Å². The Kier molecular flexibility index (Phi) is 5.00. The van der Waals surface area contributed by atoms with Crippen LogP contribution in [0.2, 0.25) is 0 Å². The van der Waals surface area contributed by atoms with E-state index in [4.69, 9.17) is 5.11 Å². The molecular weight excluding hydrogens is 281 g/mol. The monoisotopic (exact) mass is 297 g/mol. The minimum atomic E-state index is -0.800. The molecule has 1 saturated carbocycles. The van der Waals surface area contributed by atoms with Crippen LogP contribution in [0.25, 0.3) is 0 Å². The van der Waals surface area contributed by atoms with E-state index < -0.39 is 5.97 Å². The van der Waals surface area contributed by atoms with Gasteiger partial charge < -0.3 is 10.4 Å². The molecule has 2 N–H and O–H groups in total. The highest BCUT2D eigenvalue weighted by Gasteiger charge is 2.35. The highest BCUT2D eigenvalue weighted by Crippen LogP contribution is 2.27. The van der Waals surface area contributed by atoms with Gasteiger partial charge in [-0.05, 0) is 25.0 Å². The van der Waals surface area contributed by atoms with Gasteiger partial charge in [0.25, 0.3) is 0 Å². The van der Waals surface area contributed by atoms with Gasteiger partial charge in [0.05, 0.1) is 5.92 Å². The van der Waals surface area contributed by atoms with Crippen LogP contribution in [0.3, 0.4) is 0 Å². The second-order valence-electron chi connectivity index (χ2n) is 4.80. The van der Waals surface area contributed by atoms with Crippen LogP contribution in [0.15, 0.2) is 29.2 Å². The van der Waals surface area contributed by atoms with E-state index in [2.05, 4.69) is 5.32 Å². The lowest BCUT2D eigenvalue weighted by molar-refractivity contribution is -0.146. The molecule has 2 rings (SSSR count). The highest BCUT2D eigenvalue weighted by atomic mass is 32.2. The van der Waals surface area contributed by atoms with Crippen molar-refractivity contribution in [2.24, 2.45) is 5.92 Å². The Morgan fingerprint density at radius 2 is 2.05 bits per heavy atom. The zero-order valence-electron chi connectivity index (χ0n) is 10.8. The summed E-state index contributed by atoms with van der Waals surface area (Å²) in [7, 11) is 0. The summed E-state index contributed by atoms with van der Waals surface area (Å²) in [6, 6.07) is 6.43. The summed E-state index contributed by atoms with van der Waals surface area (Å²) >= 11 is 1.30. The van der Waals surface area contributed by atoms with Crippen LogP contribution in [0.1, 0.15) is 19.3 Å². The molecule has 1 fully saturated rings. The van der Waals surface area contributed by atoms with Gasteiger partial charge in [0.15, 0.2) is 0 Å². The van der Waals surface area contributed by atoms with E-state index in [9.17, 15) is 14.0 Å². The Morgan fingerprint density at radius 3 is 2.70 bits per heavy atom. The lowest BCUT2D eigenvalue weighted by Gasteiger charge is -2.32. The van der Waals surface area contributed by atoms with Crippen molar-refractivity contribution < 1.29 is 19.1 Å². The molecule has 0 bridgehead atoms. The second-order valence-corrected chi connectivity index (χ2v) is 5.94. The SMILES string of the molecule is O=C(CCSc1ccccc1F)NC1CC(C(=O)O)C1. The molecule has 1 aromatic carbocycles. The molecular formula is C14H16FNO3S. The maximum Gasteiger partial charge on any atom is 0.306 e. The number of aliphatic carboxylic acids is 1. The minimum absolute atomic E-state index is 0.0259. The summed E-state index contributed by atoms with van der Waals surface area (Å²) in [6.45, 7) is 0. The summed E-state index contributed by atoms with van der Waals surface area (Å²) in [5.74, 6) is -1.01. The molecule has 0 spiro atoms. The number of nitrogens with one attached hydrogen (secondary N) is 1. The third-order valence-corrected chi connectivity index (χ3v) is 4.33. The molecule has 0 heterocycles. The Bertz CT molecular complexity index is 503. The molecule has 1 aliphatic rings. The van der Waals surface area contributed by atoms with Crippen molar-refractivity contribution in [1.82, 2.24) is 5.32 Å². The quantitative estimate of drug-likeness (QED) is 0.791. The maximum absolute atomic E-state index is 13.3. The average Bonchev–Trinajstić information content (AvgIpc) is 2.35. The van der Waals surface area contributed by atoms with Crippen LogP contribution in [0.4, 0.5) is 4.39 Å². The van der Waals surface area contributed by atoms with E-state index in [1.54, 1.807) is 18.2 Å². The average molecular weight is 297 g/mol. The molecule has 0 aromatic heterocycles. The van der Waals surface area contributed by atoms with E-state index in [-0.39, 0.29) is 23.7 Å². The number of halogens is 1. The number of carbonyl (C=O) groups is 2. The van der Waals surface area contributed by atoms with Gasteiger partial charge in [-0.25, -0.2) is 4.39 Å². The zero-order chi connectivity index (χ0) is 14.5. The fraction of sp³-hybridized carbons (Fsp3) is 0.429. The van der Waals surface area contributed by atoms with Crippen molar-refractivity contribution in [1.29, 1.82) is 0 Å². The van der Waals surface area contributed by atoms with Gasteiger partial charge in [-0.1, -0.05) is 12.1 Å². The van der Waals surface area contributed by atoms with Crippen molar-refractivity contribution in [3.05, 3.63) is 30.1 Å². The van der Waals surface area contributed by atoms with E-state index >= 15 is 0 Å². The fourth-order valence-corrected chi connectivity index (χ4v) is 2.94. The molecule has 1 amide bonds. The highest BCUT2D eigenvalue weighted by molar-refractivity contribution is 7.99. The molecule has 6 heteroatoms.